The van der Waals surface area contributed by atoms with Crippen LogP contribution < -0.4 is 5.32 Å². The molecule has 2 rings (SSSR count). The van der Waals surface area contributed by atoms with Gasteiger partial charge in [-0.15, -0.1) is 0 Å². The smallest absolute Gasteiger partial charge is 0.321 e. The number of amides is 2. The van der Waals surface area contributed by atoms with Crippen molar-refractivity contribution in [3.8, 4) is 0 Å². The maximum Gasteiger partial charge on any atom is 0.322 e. The minimum absolute atomic E-state index is 0.0142. The molecule has 0 aromatic heterocycles. The molecule has 20 heavy (non-hydrogen) atoms. The third kappa shape index (κ3) is 3.86. The standard InChI is InChI=1S/C13H17ClN2O3S/c1-10-5-7-20(18,19)8-6-16(10)13(17)15-12-4-2-3-11(14)9-12/h2-4,9-10H,5-8H2,1H3,(H,15,17)/t10-/m1/s1. The first kappa shape index (κ1) is 15.1. The van der Waals surface area contributed by atoms with Crippen LogP contribution in [-0.4, -0.2) is 43.4 Å². The Balaban J connectivity index is 2.08. The molecule has 1 saturated heterocycles. The van der Waals surface area contributed by atoms with E-state index < -0.39 is 9.84 Å². The Kier molecular flexibility index (Phi) is 4.55. The number of hydrogen-bond acceptors (Lipinski definition) is 3. The van der Waals surface area contributed by atoms with Crippen LogP contribution in [-0.2, 0) is 9.84 Å². The van der Waals surface area contributed by atoms with E-state index in [2.05, 4.69) is 5.32 Å². The average molecular weight is 317 g/mol. The molecule has 1 atom stereocenters. The molecule has 0 aliphatic carbocycles. The number of halogens is 1. The van der Waals surface area contributed by atoms with Gasteiger partial charge in [0.1, 0.15) is 0 Å². The van der Waals surface area contributed by atoms with E-state index in [1.165, 1.54) is 0 Å². The summed E-state index contributed by atoms with van der Waals surface area (Å²) in [7, 11) is -3.04. The SMILES string of the molecule is C[C@@H]1CCS(=O)(=O)CCN1C(=O)Nc1cccc(Cl)c1. The first-order valence-corrected chi connectivity index (χ1v) is 8.61. The first-order chi connectivity index (χ1) is 9.37. The summed E-state index contributed by atoms with van der Waals surface area (Å²) < 4.78 is 23.2. The van der Waals surface area contributed by atoms with Gasteiger partial charge in [-0.2, -0.15) is 0 Å². The van der Waals surface area contributed by atoms with Gasteiger partial charge in [-0.1, -0.05) is 17.7 Å². The second kappa shape index (κ2) is 6.01. The van der Waals surface area contributed by atoms with E-state index in [0.717, 1.165) is 0 Å². The number of urea groups is 1. The lowest BCUT2D eigenvalue weighted by Crippen LogP contribution is -2.42. The van der Waals surface area contributed by atoms with Crippen LogP contribution in [0.15, 0.2) is 24.3 Å². The van der Waals surface area contributed by atoms with Gasteiger partial charge >= 0.3 is 6.03 Å². The van der Waals surface area contributed by atoms with Crippen LogP contribution in [0.4, 0.5) is 10.5 Å². The molecule has 7 heteroatoms. The van der Waals surface area contributed by atoms with Gasteiger partial charge < -0.3 is 10.2 Å². The van der Waals surface area contributed by atoms with Crippen molar-refractivity contribution in [1.29, 1.82) is 0 Å². The Hall–Kier alpha value is -1.27. The van der Waals surface area contributed by atoms with E-state index in [1.54, 1.807) is 29.2 Å². The van der Waals surface area contributed by atoms with E-state index in [-0.39, 0.29) is 30.1 Å². The van der Waals surface area contributed by atoms with Gasteiger partial charge in [0.25, 0.3) is 0 Å². The summed E-state index contributed by atoms with van der Waals surface area (Å²) in [6.07, 6.45) is 0.464. The Labute approximate surface area is 123 Å². The lowest BCUT2D eigenvalue weighted by Gasteiger charge is -2.26. The normalized spacial score (nSPS) is 22.1. The van der Waals surface area contributed by atoms with Crippen LogP contribution in [0.1, 0.15) is 13.3 Å². The summed E-state index contributed by atoms with van der Waals surface area (Å²) in [5.74, 6) is 0.148. The van der Waals surface area contributed by atoms with Gasteiger partial charge in [0, 0.05) is 23.3 Å². The highest BCUT2D eigenvalue weighted by atomic mass is 35.5. The zero-order valence-electron chi connectivity index (χ0n) is 11.2. The number of hydrogen-bond donors (Lipinski definition) is 1. The molecule has 1 N–H and O–H groups in total. The van der Waals surface area contributed by atoms with Crippen molar-refractivity contribution in [2.75, 3.05) is 23.4 Å². The molecule has 1 aliphatic rings. The molecule has 0 radical (unpaired) electrons. The quantitative estimate of drug-likeness (QED) is 0.865. The first-order valence-electron chi connectivity index (χ1n) is 6.41. The minimum Gasteiger partial charge on any atom is -0.321 e. The predicted octanol–water partition coefficient (Wildman–Crippen LogP) is 2.38. The number of benzene rings is 1. The fourth-order valence-electron chi connectivity index (χ4n) is 2.13. The fourth-order valence-corrected chi connectivity index (χ4v) is 3.70. The molecule has 5 nitrogen and oxygen atoms in total. The fraction of sp³-hybridized carbons (Fsp3) is 0.462. The topological polar surface area (TPSA) is 66.5 Å². The lowest BCUT2D eigenvalue weighted by atomic mass is 10.2. The molecule has 1 aliphatic heterocycles. The number of nitrogens with zero attached hydrogens (tertiary/aromatic N) is 1. The second-order valence-corrected chi connectivity index (χ2v) is 7.66. The zero-order chi connectivity index (χ0) is 14.8. The van der Waals surface area contributed by atoms with Crippen LogP contribution in [0.5, 0.6) is 0 Å². The molecule has 0 saturated carbocycles. The highest BCUT2D eigenvalue weighted by Crippen LogP contribution is 2.17. The van der Waals surface area contributed by atoms with Gasteiger partial charge in [-0.05, 0) is 31.5 Å². The van der Waals surface area contributed by atoms with Crippen LogP contribution in [0.3, 0.4) is 0 Å². The Bertz CT molecular complexity index is 603. The van der Waals surface area contributed by atoms with Crippen molar-refractivity contribution in [3.63, 3.8) is 0 Å². The Morgan fingerprint density at radius 3 is 2.85 bits per heavy atom. The number of anilines is 1. The summed E-state index contributed by atoms with van der Waals surface area (Å²) in [4.78, 5) is 13.8. The third-order valence-corrected chi connectivity index (χ3v) is 5.26. The van der Waals surface area contributed by atoms with Crippen molar-refractivity contribution in [3.05, 3.63) is 29.3 Å². The second-order valence-electron chi connectivity index (χ2n) is 4.92. The molecule has 1 aromatic carbocycles. The van der Waals surface area contributed by atoms with E-state index in [4.69, 9.17) is 11.6 Å². The Morgan fingerprint density at radius 2 is 2.15 bits per heavy atom. The molecule has 1 fully saturated rings. The summed E-state index contributed by atoms with van der Waals surface area (Å²) >= 11 is 5.86. The molecule has 0 bridgehead atoms. The average Bonchev–Trinajstić information content (AvgIpc) is 2.49. The van der Waals surface area contributed by atoms with E-state index in [0.29, 0.717) is 17.1 Å². The molecular formula is C13H17ClN2O3S. The molecule has 0 unspecified atom stereocenters. The summed E-state index contributed by atoms with van der Waals surface area (Å²) in [5, 5.41) is 3.28. The number of carbonyl (C=O) groups is 1. The van der Waals surface area contributed by atoms with Gasteiger partial charge in [0.05, 0.1) is 11.5 Å². The molecule has 110 valence electrons. The van der Waals surface area contributed by atoms with E-state index >= 15 is 0 Å². The van der Waals surface area contributed by atoms with Crippen LogP contribution in [0.25, 0.3) is 0 Å². The Morgan fingerprint density at radius 1 is 1.40 bits per heavy atom. The maximum atomic E-state index is 12.2. The molecule has 0 spiro atoms. The summed E-state index contributed by atoms with van der Waals surface area (Å²) in [6, 6.07) is 6.46. The molecular weight excluding hydrogens is 300 g/mol. The van der Waals surface area contributed by atoms with Crippen LogP contribution in [0.2, 0.25) is 5.02 Å². The molecule has 2 amide bonds. The molecule has 1 aromatic rings. The number of rotatable bonds is 1. The lowest BCUT2D eigenvalue weighted by molar-refractivity contribution is 0.197. The summed E-state index contributed by atoms with van der Waals surface area (Å²) in [6.45, 7) is 2.08. The monoisotopic (exact) mass is 316 g/mol. The molecule has 1 heterocycles. The van der Waals surface area contributed by atoms with Gasteiger partial charge in [0.2, 0.25) is 0 Å². The van der Waals surface area contributed by atoms with Gasteiger partial charge in [-0.3, -0.25) is 0 Å². The van der Waals surface area contributed by atoms with Crippen molar-refractivity contribution in [1.82, 2.24) is 4.90 Å². The number of sulfone groups is 1. The number of nitrogens with one attached hydrogen (secondary N) is 1. The van der Waals surface area contributed by atoms with Crippen molar-refractivity contribution in [2.24, 2.45) is 0 Å². The van der Waals surface area contributed by atoms with Crippen molar-refractivity contribution >= 4 is 33.2 Å². The maximum absolute atomic E-state index is 12.2. The van der Waals surface area contributed by atoms with Crippen LogP contribution >= 0.6 is 11.6 Å². The van der Waals surface area contributed by atoms with Gasteiger partial charge in [-0.25, -0.2) is 13.2 Å². The van der Waals surface area contributed by atoms with E-state index in [1.807, 2.05) is 6.92 Å². The van der Waals surface area contributed by atoms with Crippen molar-refractivity contribution < 1.29 is 13.2 Å². The predicted molar refractivity (Wildman–Crippen MR) is 79.9 cm³/mol. The highest BCUT2D eigenvalue weighted by molar-refractivity contribution is 7.91. The highest BCUT2D eigenvalue weighted by Gasteiger charge is 2.27. The van der Waals surface area contributed by atoms with Gasteiger partial charge in [0.15, 0.2) is 9.84 Å². The zero-order valence-corrected chi connectivity index (χ0v) is 12.7. The minimum atomic E-state index is -3.04. The third-order valence-electron chi connectivity index (χ3n) is 3.36. The summed E-state index contributed by atoms with van der Waals surface area (Å²) in [5.41, 5.74) is 0.599. The number of carbonyl (C=O) groups excluding carboxylic acids is 1. The van der Waals surface area contributed by atoms with E-state index in [9.17, 15) is 13.2 Å². The largest absolute Gasteiger partial charge is 0.322 e. The van der Waals surface area contributed by atoms with Crippen molar-refractivity contribution in [2.45, 2.75) is 19.4 Å². The van der Waals surface area contributed by atoms with Crippen LogP contribution in [0, 0.1) is 0 Å².